The Balaban J connectivity index is 1.85. The maximum Gasteiger partial charge on any atom is 0.416 e. The SMILES string of the molecule is CC(C(=O)O)N(CC(=O)Nc1cc(C(F)(F)F)ccc1-n1cncn1)C1CC1. The van der Waals surface area contributed by atoms with Gasteiger partial charge in [-0.2, -0.15) is 18.3 Å². The third-order valence-electron chi connectivity index (χ3n) is 4.46. The molecule has 2 N–H and O–H groups in total. The van der Waals surface area contributed by atoms with Gasteiger partial charge in [0.2, 0.25) is 5.91 Å². The lowest BCUT2D eigenvalue weighted by Crippen LogP contribution is -2.44. The summed E-state index contributed by atoms with van der Waals surface area (Å²) < 4.78 is 40.5. The normalized spacial score (nSPS) is 15.5. The van der Waals surface area contributed by atoms with Crippen LogP contribution in [-0.2, 0) is 15.8 Å². The van der Waals surface area contributed by atoms with Crippen molar-refractivity contribution in [2.24, 2.45) is 0 Å². The van der Waals surface area contributed by atoms with Gasteiger partial charge in [-0.05, 0) is 38.0 Å². The number of nitrogens with zero attached hydrogens (tertiary/aromatic N) is 4. The van der Waals surface area contributed by atoms with Crippen LogP contribution < -0.4 is 5.32 Å². The molecule has 1 aliphatic rings. The lowest BCUT2D eigenvalue weighted by molar-refractivity contribution is -0.143. The van der Waals surface area contributed by atoms with E-state index in [1.807, 2.05) is 0 Å². The second-order valence-electron chi connectivity index (χ2n) is 6.54. The average Bonchev–Trinajstić information content (AvgIpc) is 3.32. The van der Waals surface area contributed by atoms with E-state index in [1.165, 1.54) is 35.2 Å². The van der Waals surface area contributed by atoms with Crippen LogP contribution in [-0.4, -0.2) is 55.3 Å². The largest absolute Gasteiger partial charge is 0.480 e. The molecule has 1 atom stereocenters. The summed E-state index contributed by atoms with van der Waals surface area (Å²) in [6.45, 7) is 1.23. The fourth-order valence-corrected chi connectivity index (χ4v) is 2.83. The molecule has 8 nitrogen and oxygen atoms in total. The van der Waals surface area contributed by atoms with Gasteiger partial charge in [0.1, 0.15) is 18.7 Å². The van der Waals surface area contributed by atoms with E-state index in [4.69, 9.17) is 0 Å². The minimum absolute atomic E-state index is 0.0202. The molecule has 1 aromatic carbocycles. The number of alkyl halides is 3. The van der Waals surface area contributed by atoms with Crippen molar-refractivity contribution in [3.05, 3.63) is 36.4 Å². The van der Waals surface area contributed by atoms with Crippen molar-refractivity contribution in [1.29, 1.82) is 0 Å². The fourth-order valence-electron chi connectivity index (χ4n) is 2.83. The highest BCUT2D eigenvalue weighted by atomic mass is 19.4. The van der Waals surface area contributed by atoms with Gasteiger partial charge in [-0.1, -0.05) is 0 Å². The number of hydrogen-bond donors (Lipinski definition) is 2. The smallest absolute Gasteiger partial charge is 0.416 e. The Morgan fingerprint density at radius 2 is 2.11 bits per heavy atom. The third-order valence-corrected chi connectivity index (χ3v) is 4.46. The summed E-state index contributed by atoms with van der Waals surface area (Å²) in [6, 6.07) is 1.99. The third kappa shape index (κ3) is 4.47. The summed E-state index contributed by atoms with van der Waals surface area (Å²) in [5.41, 5.74) is -0.809. The van der Waals surface area contributed by atoms with Gasteiger partial charge < -0.3 is 10.4 Å². The van der Waals surface area contributed by atoms with Crippen molar-refractivity contribution >= 4 is 17.6 Å². The standard InChI is InChI=1S/C17H18F3N5O3/c1-10(16(27)28)24(12-3-4-12)7-15(26)23-13-6-11(17(18,19)20)2-5-14(13)25-9-21-8-22-25/h2,5-6,8-10,12H,3-4,7H2,1H3,(H,23,26)(H,27,28). The zero-order valence-corrected chi connectivity index (χ0v) is 14.8. The van der Waals surface area contributed by atoms with Gasteiger partial charge in [0, 0.05) is 6.04 Å². The van der Waals surface area contributed by atoms with Crippen LogP contribution in [0.1, 0.15) is 25.3 Å². The zero-order valence-electron chi connectivity index (χ0n) is 14.8. The van der Waals surface area contributed by atoms with Crippen molar-refractivity contribution in [1.82, 2.24) is 19.7 Å². The van der Waals surface area contributed by atoms with Gasteiger partial charge in [-0.3, -0.25) is 14.5 Å². The zero-order chi connectivity index (χ0) is 20.5. The highest BCUT2D eigenvalue weighted by Gasteiger charge is 2.36. The molecule has 3 rings (SSSR count). The van der Waals surface area contributed by atoms with Crippen LogP contribution in [0.15, 0.2) is 30.9 Å². The number of aromatic nitrogens is 3. The van der Waals surface area contributed by atoms with Gasteiger partial charge in [-0.15, -0.1) is 0 Å². The second-order valence-corrected chi connectivity index (χ2v) is 6.54. The maximum atomic E-state index is 13.1. The van der Waals surface area contributed by atoms with Crippen LogP contribution in [0.3, 0.4) is 0 Å². The predicted octanol–water partition coefficient (Wildman–Crippen LogP) is 2.16. The number of carboxylic acids is 1. The predicted molar refractivity (Wildman–Crippen MR) is 91.8 cm³/mol. The maximum absolute atomic E-state index is 13.1. The quantitative estimate of drug-likeness (QED) is 0.743. The molecule has 0 radical (unpaired) electrons. The van der Waals surface area contributed by atoms with Gasteiger partial charge in [-0.25, -0.2) is 9.67 Å². The summed E-state index contributed by atoms with van der Waals surface area (Å²) in [7, 11) is 0. The fraction of sp³-hybridized carbons (Fsp3) is 0.412. The van der Waals surface area contributed by atoms with Crippen LogP contribution in [0.4, 0.5) is 18.9 Å². The molecule has 11 heteroatoms. The van der Waals surface area contributed by atoms with Gasteiger partial charge in [0.05, 0.1) is 23.5 Å². The molecule has 0 spiro atoms. The number of aliphatic carboxylic acids is 1. The minimum Gasteiger partial charge on any atom is -0.480 e. The molecule has 1 unspecified atom stereocenters. The molecule has 2 aromatic rings. The highest BCUT2D eigenvalue weighted by molar-refractivity contribution is 5.94. The molecule has 1 amide bonds. The second kappa shape index (κ2) is 7.58. The number of carbonyl (C=O) groups is 2. The van der Waals surface area contributed by atoms with Crippen molar-refractivity contribution in [2.75, 3.05) is 11.9 Å². The molecule has 150 valence electrons. The number of nitrogens with one attached hydrogen (secondary N) is 1. The molecular weight excluding hydrogens is 379 g/mol. The van der Waals surface area contributed by atoms with E-state index >= 15 is 0 Å². The van der Waals surface area contributed by atoms with Crippen LogP contribution >= 0.6 is 0 Å². The summed E-state index contributed by atoms with van der Waals surface area (Å²) in [5.74, 6) is -1.68. The van der Waals surface area contributed by atoms with Gasteiger partial charge in [0.15, 0.2) is 0 Å². The van der Waals surface area contributed by atoms with Crippen molar-refractivity contribution in [3.63, 3.8) is 0 Å². The summed E-state index contributed by atoms with van der Waals surface area (Å²) >= 11 is 0. The molecular formula is C17H18F3N5O3. The topological polar surface area (TPSA) is 100 Å². The van der Waals surface area contributed by atoms with Crippen molar-refractivity contribution in [3.8, 4) is 5.69 Å². The number of anilines is 1. The van der Waals surface area contributed by atoms with E-state index in [0.29, 0.717) is 0 Å². The van der Waals surface area contributed by atoms with E-state index in [1.54, 1.807) is 0 Å². The average molecular weight is 397 g/mol. The molecule has 0 saturated heterocycles. The highest BCUT2D eigenvalue weighted by Crippen LogP contribution is 2.33. The number of rotatable bonds is 7. The van der Waals surface area contributed by atoms with Gasteiger partial charge >= 0.3 is 12.1 Å². The van der Waals surface area contributed by atoms with E-state index in [0.717, 1.165) is 25.0 Å². The Morgan fingerprint density at radius 3 is 2.64 bits per heavy atom. The van der Waals surface area contributed by atoms with E-state index < -0.39 is 29.7 Å². The Bertz CT molecular complexity index is 865. The van der Waals surface area contributed by atoms with Crippen LogP contribution in [0.2, 0.25) is 0 Å². The summed E-state index contributed by atoms with van der Waals surface area (Å²) in [4.78, 5) is 29.0. The van der Waals surface area contributed by atoms with E-state index in [-0.39, 0.29) is 24.0 Å². The van der Waals surface area contributed by atoms with Crippen LogP contribution in [0, 0.1) is 0 Å². The first-order chi connectivity index (χ1) is 13.2. The summed E-state index contributed by atoms with van der Waals surface area (Å²) in [5, 5.41) is 15.5. The van der Waals surface area contributed by atoms with Crippen LogP contribution in [0.5, 0.6) is 0 Å². The van der Waals surface area contributed by atoms with Gasteiger partial charge in [0.25, 0.3) is 0 Å². The number of benzene rings is 1. The lowest BCUT2D eigenvalue weighted by atomic mass is 10.1. The number of carbonyl (C=O) groups excluding carboxylic acids is 1. The Hall–Kier alpha value is -2.95. The van der Waals surface area contributed by atoms with Crippen molar-refractivity contribution in [2.45, 2.75) is 38.0 Å². The first-order valence-corrected chi connectivity index (χ1v) is 8.51. The van der Waals surface area contributed by atoms with E-state index in [9.17, 15) is 27.9 Å². The number of hydrogen-bond acceptors (Lipinski definition) is 5. The Morgan fingerprint density at radius 1 is 1.39 bits per heavy atom. The molecule has 0 aliphatic heterocycles. The Labute approximate surface area is 158 Å². The first kappa shape index (κ1) is 19.8. The molecule has 1 aliphatic carbocycles. The summed E-state index contributed by atoms with van der Waals surface area (Å²) in [6.07, 6.45) is -0.524. The molecule has 1 saturated carbocycles. The van der Waals surface area contributed by atoms with Crippen LogP contribution in [0.25, 0.3) is 5.69 Å². The molecule has 28 heavy (non-hydrogen) atoms. The number of carboxylic acid groups (broad SMARTS) is 1. The first-order valence-electron chi connectivity index (χ1n) is 8.51. The Kier molecular flexibility index (Phi) is 5.36. The molecule has 0 bridgehead atoms. The molecule has 1 fully saturated rings. The number of halogens is 3. The van der Waals surface area contributed by atoms with Crippen molar-refractivity contribution < 1.29 is 27.9 Å². The van der Waals surface area contributed by atoms with E-state index in [2.05, 4.69) is 15.4 Å². The molecule has 1 aromatic heterocycles. The monoisotopic (exact) mass is 397 g/mol. The number of amides is 1. The molecule has 1 heterocycles. The lowest BCUT2D eigenvalue weighted by Gasteiger charge is -2.25. The minimum atomic E-state index is -4.59.